The average molecular weight is 245 g/mol. The van der Waals surface area contributed by atoms with E-state index in [2.05, 4.69) is 4.98 Å². The van der Waals surface area contributed by atoms with Gasteiger partial charge in [-0.1, -0.05) is 23.2 Å². The first kappa shape index (κ1) is 10.7. The van der Waals surface area contributed by atoms with Crippen LogP contribution >= 0.6 is 23.2 Å². The van der Waals surface area contributed by atoms with Crippen LogP contribution in [0.4, 0.5) is 0 Å². The molecule has 0 unspecified atom stereocenters. The van der Waals surface area contributed by atoms with E-state index in [9.17, 15) is 0 Å². The molecule has 1 aromatic heterocycles. The number of aromatic nitrogens is 2. The van der Waals surface area contributed by atoms with Crippen molar-refractivity contribution in [3.8, 4) is 0 Å². The second-order valence-corrected chi connectivity index (χ2v) is 4.10. The largest absolute Gasteiger partial charge is 0.395 e. The summed E-state index contributed by atoms with van der Waals surface area (Å²) in [6.07, 6.45) is 0. The standard InChI is InChI=1S/C10H10Cl2N2O/c1-6-13-9-4-7(11)8(12)5-10(9)14(6)2-3-15/h4-5,15H,2-3H2,1H3. The maximum Gasteiger partial charge on any atom is 0.106 e. The summed E-state index contributed by atoms with van der Waals surface area (Å²) in [6, 6.07) is 3.51. The second kappa shape index (κ2) is 4.00. The molecule has 0 amide bonds. The van der Waals surface area contributed by atoms with Crippen molar-refractivity contribution < 1.29 is 5.11 Å². The van der Waals surface area contributed by atoms with Crippen molar-refractivity contribution in [1.29, 1.82) is 0 Å². The molecule has 3 nitrogen and oxygen atoms in total. The van der Waals surface area contributed by atoms with Crippen LogP contribution in [0.2, 0.25) is 10.0 Å². The third-order valence-corrected chi connectivity index (χ3v) is 3.03. The molecule has 0 aliphatic heterocycles. The highest BCUT2D eigenvalue weighted by Crippen LogP contribution is 2.28. The highest BCUT2D eigenvalue weighted by molar-refractivity contribution is 6.42. The van der Waals surface area contributed by atoms with Crippen molar-refractivity contribution in [2.75, 3.05) is 6.61 Å². The Balaban J connectivity index is 2.70. The molecule has 0 radical (unpaired) electrons. The molecule has 0 saturated heterocycles. The minimum absolute atomic E-state index is 0.0759. The first-order valence-corrected chi connectivity index (χ1v) is 5.32. The van der Waals surface area contributed by atoms with Gasteiger partial charge < -0.3 is 9.67 Å². The van der Waals surface area contributed by atoms with Crippen molar-refractivity contribution in [1.82, 2.24) is 9.55 Å². The van der Waals surface area contributed by atoms with Crippen molar-refractivity contribution in [3.05, 3.63) is 28.0 Å². The van der Waals surface area contributed by atoms with Gasteiger partial charge in [-0.05, 0) is 19.1 Å². The molecule has 0 aliphatic rings. The van der Waals surface area contributed by atoms with Crippen LogP contribution in [0, 0.1) is 6.92 Å². The van der Waals surface area contributed by atoms with Gasteiger partial charge in [0.25, 0.3) is 0 Å². The van der Waals surface area contributed by atoms with Gasteiger partial charge in [0.2, 0.25) is 0 Å². The first-order valence-electron chi connectivity index (χ1n) is 4.56. The number of fused-ring (bicyclic) bond motifs is 1. The number of hydrogen-bond donors (Lipinski definition) is 1. The molecule has 1 N–H and O–H groups in total. The minimum Gasteiger partial charge on any atom is -0.395 e. The normalized spacial score (nSPS) is 11.2. The average Bonchev–Trinajstić information content (AvgIpc) is 2.46. The van der Waals surface area contributed by atoms with Gasteiger partial charge in [0.1, 0.15) is 5.82 Å². The zero-order valence-electron chi connectivity index (χ0n) is 8.17. The van der Waals surface area contributed by atoms with Crippen LogP contribution in [-0.4, -0.2) is 21.3 Å². The molecular weight excluding hydrogens is 235 g/mol. The SMILES string of the molecule is Cc1nc2cc(Cl)c(Cl)cc2n1CCO. The molecule has 0 fully saturated rings. The van der Waals surface area contributed by atoms with Crippen LogP contribution in [0.25, 0.3) is 11.0 Å². The van der Waals surface area contributed by atoms with E-state index in [1.807, 2.05) is 11.5 Å². The number of rotatable bonds is 2. The number of aryl methyl sites for hydroxylation is 1. The number of halogens is 2. The molecular formula is C10H10Cl2N2O. The summed E-state index contributed by atoms with van der Waals surface area (Å²) < 4.78 is 1.91. The zero-order chi connectivity index (χ0) is 11.0. The lowest BCUT2D eigenvalue weighted by Gasteiger charge is -2.04. The summed E-state index contributed by atoms with van der Waals surface area (Å²) in [5.41, 5.74) is 1.70. The Morgan fingerprint density at radius 2 is 2.00 bits per heavy atom. The molecule has 80 valence electrons. The number of aliphatic hydroxyl groups excluding tert-OH is 1. The van der Waals surface area contributed by atoms with E-state index in [4.69, 9.17) is 28.3 Å². The smallest absolute Gasteiger partial charge is 0.106 e. The number of nitrogens with zero attached hydrogens (tertiary/aromatic N) is 2. The van der Waals surface area contributed by atoms with Gasteiger partial charge in [-0.3, -0.25) is 0 Å². The van der Waals surface area contributed by atoms with Gasteiger partial charge >= 0.3 is 0 Å². The topological polar surface area (TPSA) is 38.0 Å². The molecule has 2 aromatic rings. The highest BCUT2D eigenvalue weighted by Gasteiger charge is 2.09. The summed E-state index contributed by atoms with van der Waals surface area (Å²) in [4.78, 5) is 4.34. The van der Waals surface area contributed by atoms with E-state index in [1.54, 1.807) is 12.1 Å². The fraction of sp³-hybridized carbons (Fsp3) is 0.300. The van der Waals surface area contributed by atoms with Gasteiger partial charge in [-0.2, -0.15) is 0 Å². The molecule has 0 bridgehead atoms. The van der Waals surface area contributed by atoms with Crippen molar-refractivity contribution in [2.45, 2.75) is 13.5 Å². The predicted octanol–water partition coefficient (Wildman–Crippen LogP) is 2.64. The monoisotopic (exact) mass is 244 g/mol. The quantitative estimate of drug-likeness (QED) is 0.883. The Hall–Kier alpha value is -0.770. The van der Waals surface area contributed by atoms with Crippen LogP contribution in [0.1, 0.15) is 5.82 Å². The molecule has 0 saturated carbocycles. The summed E-state index contributed by atoms with van der Waals surface area (Å²) in [7, 11) is 0. The Labute approximate surface area is 97.2 Å². The summed E-state index contributed by atoms with van der Waals surface area (Å²) >= 11 is 11.8. The van der Waals surface area contributed by atoms with Crippen LogP contribution in [0.15, 0.2) is 12.1 Å². The molecule has 1 aromatic carbocycles. The molecule has 5 heteroatoms. The van der Waals surface area contributed by atoms with Crippen molar-refractivity contribution in [3.63, 3.8) is 0 Å². The zero-order valence-corrected chi connectivity index (χ0v) is 9.68. The summed E-state index contributed by atoms with van der Waals surface area (Å²) in [5.74, 6) is 0.845. The maximum absolute atomic E-state index is 8.94. The van der Waals surface area contributed by atoms with Crippen LogP contribution in [0.3, 0.4) is 0 Å². The number of imidazole rings is 1. The number of hydrogen-bond acceptors (Lipinski definition) is 2. The Kier molecular flexibility index (Phi) is 2.87. The number of aliphatic hydroxyl groups is 1. The van der Waals surface area contributed by atoms with E-state index >= 15 is 0 Å². The second-order valence-electron chi connectivity index (χ2n) is 3.29. The predicted molar refractivity (Wildman–Crippen MR) is 61.6 cm³/mol. The van der Waals surface area contributed by atoms with Gasteiger partial charge in [0.15, 0.2) is 0 Å². The van der Waals surface area contributed by atoms with Crippen molar-refractivity contribution in [2.24, 2.45) is 0 Å². The molecule has 0 atom stereocenters. The van der Waals surface area contributed by atoms with Gasteiger partial charge in [0, 0.05) is 6.54 Å². The third-order valence-electron chi connectivity index (χ3n) is 2.30. The van der Waals surface area contributed by atoms with Crippen molar-refractivity contribution >= 4 is 34.2 Å². The lowest BCUT2D eigenvalue weighted by molar-refractivity contribution is 0.276. The van der Waals surface area contributed by atoms with Crippen LogP contribution in [0.5, 0.6) is 0 Å². The Morgan fingerprint density at radius 1 is 1.33 bits per heavy atom. The van der Waals surface area contributed by atoms with E-state index < -0.39 is 0 Å². The summed E-state index contributed by atoms with van der Waals surface area (Å²) in [6.45, 7) is 2.48. The number of benzene rings is 1. The third kappa shape index (κ3) is 1.83. The molecule has 2 rings (SSSR count). The Morgan fingerprint density at radius 3 is 2.67 bits per heavy atom. The maximum atomic E-state index is 8.94. The van der Waals surface area contributed by atoms with Gasteiger partial charge in [0.05, 0.1) is 27.7 Å². The van der Waals surface area contributed by atoms with Crippen LogP contribution < -0.4 is 0 Å². The fourth-order valence-corrected chi connectivity index (χ4v) is 1.94. The van der Waals surface area contributed by atoms with Gasteiger partial charge in [-0.25, -0.2) is 4.98 Å². The van der Waals surface area contributed by atoms with E-state index in [1.165, 1.54) is 0 Å². The van der Waals surface area contributed by atoms with Crippen LogP contribution in [-0.2, 0) is 6.54 Å². The molecule has 1 heterocycles. The lowest BCUT2D eigenvalue weighted by Crippen LogP contribution is -2.03. The minimum atomic E-state index is 0.0759. The first-order chi connectivity index (χ1) is 7.13. The molecule has 0 spiro atoms. The van der Waals surface area contributed by atoms with E-state index in [-0.39, 0.29) is 6.61 Å². The van der Waals surface area contributed by atoms with E-state index in [0.717, 1.165) is 16.9 Å². The molecule has 15 heavy (non-hydrogen) atoms. The summed E-state index contributed by atoms with van der Waals surface area (Å²) in [5, 5.41) is 9.94. The molecule has 0 aliphatic carbocycles. The highest BCUT2D eigenvalue weighted by atomic mass is 35.5. The van der Waals surface area contributed by atoms with Gasteiger partial charge in [-0.15, -0.1) is 0 Å². The fourth-order valence-electron chi connectivity index (χ4n) is 1.62. The Bertz CT molecular complexity index is 508. The lowest BCUT2D eigenvalue weighted by atomic mass is 10.3. The van der Waals surface area contributed by atoms with E-state index in [0.29, 0.717) is 16.6 Å².